The number of hydrogen-bond donors (Lipinski definition) is 2. The maximum atomic E-state index is 13.4. The molecule has 0 radical (unpaired) electrons. The van der Waals surface area contributed by atoms with Crippen LogP contribution in [0.15, 0.2) is 18.2 Å². The topological polar surface area (TPSA) is 114 Å². The fourth-order valence-electron chi connectivity index (χ4n) is 3.51. The van der Waals surface area contributed by atoms with Crippen molar-refractivity contribution in [3.05, 3.63) is 34.9 Å². The number of alkyl carbamates (subject to hydrolysis) is 1. The van der Waals surface area contributed by atoms with Crippen molar-refractivity contribution in [3.63, 3.8) is 0 Å². The monoisotopic (exact) mass is 477 g/mol. The Morgan fingerprint density at radius 1 is 1.03 bits per heavy atom. The van der Waals surface area contributed by atoms with Gasteiger partial charge in [0.05, 0.1) is 13.0 Å². The van der Waals surface area contributed by atoms with Crippen LogP contribution < -0.4 is 10.6 Å². The molecule has 0 saturated carbocycles. The number of rotatable bonds is 11. The van der Waals surface area contributed by atoms with Gasteiger partial charge in [-0.1, -0.05) is 25.1 Å². The van der Waals surface area contributed by atoms with E-state index in [0.717, 1.165) is 16.7 Å². The molecule has 0 aliphatic rings. The molecule has 0 aliphatic heterocycles. The minimum Gasteiger partial charge on any atom is -0.466 e. The van der Waals surface area contributed by atoms with Gasteiger partial charge in [0.15, 0.2) is 0 Å². The highest BCUT2D eigenvalue weighted by Gasteiger charge is 2.33. The highest BCUT2D eigenvalue weighted by Crippen LogP contribution is 2.28. The summed E-state index contributed by atoms with van der Waals surface area (Å²) in [6.07, 6.45) is -0.0729. The van der Waals surface area contributed by atoms with E-state index in [1.807, 2.05) is 39.0 Å². The van der Waals surface area contributed by atoms with Crippen molar-refractivity contribution in [1.29, 1.82) is 0 Å². The van der Waals surface area contributed by atoms with Crippen LogP contribution in [0.2, 0.25) is 0 Å². The molecule has 1 aromatic carbocycles. The van der Waals surface area contributed by atoms with Crippen LogP contribution in [0.3, 0.4) is 0 Å². The molecule has 9 heteroatoms. The van der Waals surface area contributed by atoms with Crippen molar-refractivity contribution in [2.45, 2.75) is 73.0 Å². The molecule has 1 unspecified atom stereocenters. The van der Waals surface area contributed by atoms with E-state index in [9.17, 15) is 19.2 Å². The third-order valence-electron chi connectivity index (χ3n) is 4.88. The van der Waals surface area contributed by atoms with Crippen LogP contribution in [-0.2, 0) is 23.9 Å². The Labute approximate surface area is 202 Å². The predicted octanol–water partition coefficient (Wildman–Crippen LogP) is 3.18. The Kier molecular flexibility index (Phi) is 11.5. The molecular formula is C25H39N3O6. The van der Waals surface area contributed by atoms with E-state index in [-0.39, 0.29) is 26.1 Å². The average molecular weight is 478 g/mol. The Morgan fingerprint density at radius 3 is 2.18 bits per heavy atom. The first-order valence-corrected chi connectivity index (χ1v) is 11.7. The third-order valence-corrected chi connectivity index (χ3v) is 4.88. The molecule has 190 valence electrons. The SMILES string of the molecule is CCCN(C(=O)CNC(=O)OC(C)(C)C)C(C(=O)NCCC(=O)OCC)c1c(C)cccc1C. The van der Waals surface area contributed by atoms with Crippen LogP contribution >= 0.6 is 0 Å². The number of nitrogens with one attached hydrogen (secondary N) is 2. The number of nitrogens with zero attached hydrogens (tertiary/aromatic N) is 1. The zero-order valence-electron chi connectivity index (χ0n) is 21.4. The average Bonchev–Trinajstić information content (AvgIpc) is 2.72. The van der Waals surface area contributed by atoms with Crippen molar-refractivity contribution in [2.24, 2.45) is 0 Å². The Morgan fingerprint density at radius 2 is 1.65 bits per heavy atom. The Balaban J connectivity index is 3.17. The van der Waals surface area contributed by atoms with E-state index in [1.54, 1.807) is 27.7 Å². The van der Waals surface area contributed by atoms with Gasteiger partial charge < -0.3 is 25.0 Å². The highest BCUT2D eigenvalue weighted by atomic mass is 16.6. The lowest BCUT2D eigenvalue weighted by molar-refractivity contribution is -0.143. The summed E-state index contributed by atoms with van der Waals surface area (Å²) >= 11 is 0. The number of carbonyl (C=O) groups is 4. The van der Waals surface area contributed by atoms with Gasteiger partial charge in [-0.2, -0.15) is 0 Å². The molecule has 0 saturated heterocycles. The highest BCUT2D eigenvalue weighted by molar-refractivity contribution is 5.91. The number of benzene rings is 1. The van der Waals surface area contributed by atoms with Crippen molar-refractivity contribution in [3.8, 4) is 0 Å². The van der Waals surface area contributed by atoms with Crippen LogP contribution in [-0.4, -0.2) is 60.6 Å². The fraction of sp³-hybridized carbons (Fsp3) is 0.600. The first-order valence-electron chi connectivity index (χ1n) is 11.7. The van der Waals surface area contributed by atoms with Crippen LogP contribution in [0.5, 0.6) is 0 Å². The van der Waals surface area contributed by atoms with E-state index in [0.29, 0.717) is 13.0 Å². The van der Waals surface area contributed by atoms with E-state index in [2.05, 4.69) is 10.6 Å². The molecule has 1 rings (SSSR count). The van der Waals surface area contributed by atoms with Crippen LogP contribution in [0.4, 0.5) is 4.79 Å². The minimum atomic E-state index is -0.920. The summed E-state index contributed by atoms with van der Waals surface area (Å²) in [5.74, 6) is -1.23. The minimum absolute atomic E-state index is 0.0287. The molecule has 2 N–H and O–H groups in total. The van der Waals surface area contributed by atoms with E-state index < -0.39 is 35.5 Å². The fourth-order valence-corrected chi connectivity index (χ4v) is 3.51. The predicted molar refractivity (Wildman–Crippen MR) is 129 cm³/mol. The zero-order chi connectivity index (χ0) is 25.9. The number of hydrogen-bond acceptors (Lipinski definition) is 6. The van der Waals surface area contributed by atoms with Gasteiger partial charge in [-0.05, 0) is 64.7 Å². The van der Waals surface area contributed by atoms with Crippen LogP contribution in [0.25, 0.3) is 0 Å². The molecule has 0 spiro atoms. The molecule has 3 amide bonds. The second kappa shape index (κ2) is 13.6. The van der Waals surface area contributed by atoms with Crippen molar-refractivity contribution >= 4 is 23.9 Å². The zero-order valence-corrected chi connectivity index (χ0v) is 21.4. The first kappa shape index (κ1) is 28.9. The van der Waals surface area contributed by atoms with Gasteiger partial charge in [0.25, 0.3) is 0 Å². The summed E-state index contributed by atoms with van der Waals surface area (Å²) in [6, 6.07) is 4.74. The molecular weight excluding hydrogens is 438 g/mol. The van der Waals surface area contributed by atoms with Gasteiger partial charge in [0.1, 0.15) is 18.2 Å². The molecule has 0 heterocycles. The van der Waals surface area contributed by atoms with Gasteiger partial charge in [0.2, 0.25) is 11.8 Å². The van der Waals surface area contributed by atoms with E-state index >= 15 is 0 Å². The summed E-state index contributed by atoms with van der Waals surface area (Å²) in [6.45, 7) is 12.9. The number of amides is 3. The summed E-state index contributed by atoms with van der Waals surface area (Å²) in [5.41, 5.74) is 1.74. The molecule has 1 atom stereocenters. The van der Waals surface area contributed by atoms with Crippen LogP contribution in [0.1, 0.15) is 70.2 Å². The van der Waals surface area contributed by atoms with Gasteiger partial charge in [-0.3, -0.25) is 14.4 Å². The van der Waals surface area contributed by atoms with Crippen molar-refractivity contribution in [1.82, 2.24) is 15.5 Å². The maximum absolute atomic E-state index is 13.4. The first-order chi connectivity index (χ1) is 15.9. The summed E-state index contributed by atoms with van der Waals surface area (Å²) < 4.78 is 10.1. The normalized spacial score (nSPS) is 11.9. The molecule has 0 bridgehead atoms. The van der Waals surface area contributed by atoms with E-state index in [1.165, 1.54) is 4.90 Å². The number of aryl methyl sites for hydroxylation is 2. The Hall–Kier alpha value is -3.10. The maximum Gasteiger partial charge on any atom is 0.408 e. The standard InChI is InChI=1S/C25H39N3O6/c1-8-15-28(19(29)16-27-24(32)34-25(5,6)7)22(21-17(3)11-10-12-18(21)4)23(31)26-14-13-20(30)33-9-2/h10-12,22H,8-9,13-16H2,1-7H3,(H,26,31)(H,27,32). The summed E-state index contributed by atoms with van der Waals surface area (Å²) in [4.78, 5) is 51.8. The van der Waals surface area contributed by atoms with Gasteiger partial charge in [-0.25, -0.2) is 4.79 Å². The quantitative estimate of drug-likeness (QED) is 0.473. The van der Waals surface area contributed by atoms with Crippen molar-refractivity contribution in [2.75, 3.05) is 26.2 Å². The second-order valence-electron chi connectivity index (χ2n) is 9.00. The third kappa shape index (κ3) is 9.41. The molecule has 0 fully saturated rings. The molecule has 0 aromatic heterocycles. The molecule has 9 nitrogen and oxygen atoms in total. The number of carbonyl (C=O) groups excluding carboxylic acids is 4. The second-order valence-corrected chi connectivity index (χ2v) is 9.00. The lowest BCUT2D eigenvalue weighted by Crippen LogP contribution is -2.48. The number of ether oxygens (including phenoxy) is 2. The smallest absolute Gasteiger partial charge is 0.408 e. The van der Waals surface area contributed by atoms with Crippen LogP contribution in [0, 0.1) is 13.8 Å². The Bertz CT molecular complexity index is 842. The molecule has 1 aromatic rings. The van der Waals surface area contributed by atoms with E-state index in [4.69, 9.17) is 9.47 Å². The van der Waals surface area contributed by atoms with Gasteiger partial charge in [-0.15, -0.1) is 0 Å². The van der Waals surface area contributed by atoms with Gasteiger partial charge >= 0.3 is 12.1 Å². The molecule has 0 aliphatic carbocycles. The van der Waals surface area contributed by atoms with Crippen molar-refractivity contribution < 1.29 is 28.7 Å². The summed E-state index contributed by atoms with van der Waals surface area (Å²) in [5, 5.41) is 5.25. The lowest BCUT2D eigenvalue weighted by atomic mass is 9.94. The van der Waals surface area contributed by atoms with Gasteiger partial charge in [0, 0.05) is 13.1 Å². The lowest BCUT2D eigenvalue weighted by Gasteiger charge is -2.33. The molecule has 34 heavy (non-hydrogen) atoms. The number of esters is 1. The summed E-state index contributed by atoms with van der Waals surface area (Å²) in [7, 11) is 0. The largest absolute Gasteiger partial charge is 0.466 e.